The van der Waals surface area contributed by atoms with Crippen LogP contribution in [-0.2, 0) is 0 Å². The fourth-order valence-electron chi connectivity index (χ4n) is 4.84. The van der Waals surface area contributed by atoms with Gasteiger partial charge in [0, 0.05) is 31.3 Å². The van der Waals surface area contributed by atoms with Crippen molar-refractivity contribution >= 4 is 43.1 Å². The van der Waals surface area contributed by atoms with Crippen LogP contribution >= 0.6 is 22.9 Å². The quantitative estimate of drug-likeness (QED) is 0.229. The van der Waals surface area contributed by atoms with Gasteiger partial charge in [0.1, 0.15) is 0 Å². The van der Waals surface area contributed by atoms with Crippen LogP contribution in [0.15, 0.2) is 121 Å². The van der Waals surface area contributed by atoms with Crippen molar-refractivity contribution in [1.29, 1.82) is 0 Å². The number of halogens is 1. The van der Waals surface area contributed by atoms with Gasteiger partial charge in [-0.15, -0.1) is 11.3 Å². The molecule has 0 unspecified atom stereocenters. The first-order valence-corrected chi connectivity index (χ1v) is 13.5. The average Bonchev–Trinajstić information content (AvgIpc) is 3.36. The summed E-state index contributed by atoms with van der Waals surface area (Å²) in [6.07, 6.45) is 0. The molecule has 5 heteroatoms. The molecule has 7 aromatic rings. The van der Waals surface area contributed by atoms with Crippen molar-refractivity contribution in [2.24, 2.45) is 0 Å². The number of aromatic nitrogens is 3. The number of hydrogen-bond donors (Lipinski definition) is 0. The highest BCUT2D eigenvalue weighted by atomic mass is 35.5. The minimum Gasteiger partial charge on any atom is -0.208 e. The molecule has 38 heavy (non-hydrogen) atoms. The molecular weight excluding hydrogens is 506 g/mol. The third-order valence-electron chi connectivity index (χ3n) is 6.70. The number of hydrogen-bond acceptors (Lipinski definition) is 4. The molecule has 0 amide bonds. The van der Waals surface area contributed by atoms with E-state index in [9.17, 15) is 0 Å². The van der Waals surface area contributed by atoms with Crippen LogP contribution in [0.1, 0.15) is 0 Å². The largest absolute Gasteiger partial charge is 0.226 e. The summed E-state index contributed by atoms with van der Waals surface area (Å²) in [7, 11) is 0. The van der Waals surface area contributed by atoms with E-state index in [4.69, 9.17) is 16.6 Å². The number of fused-ring (bicyclic) bond motifs is 3. The summed E-state index contributed by atoms with van der Waals surface area (Å²) in [6.45, 7) is 0. The molecule has 0 spiro atoms. The predicted octanol–water partition coefficient (Wildman–Crippen LogP) is 9.56. The molecule has 0 aliphatic heterocycles. The molecule has 0 aliphatic rings. The van der Waals surface area contributed by atoms with Crippen molar-refractivity contribution < 1.29 is 0 Å². The Labute approximate surface area is 229 Å². The number of thiophene rings is 1. The highest BCUT2D eigenvalue weighted by Gasteiger charge is 2.15. The first-order chi connectivity index (χ1) is 18.7. The molecule has 0 atom stereocenters. The van der Waals surface area contributed by atoms with Gasteiger partial charge in [0.2, 0.25) is 5.28 Å². The normalized spacial score (nSPS) is 11.3. The highest BCUT2D eigenvalue weighted by molar-refractivity contribution is 7.26. The Balaban J connectivity index is 1.26. The highest BCUT2D eigenvalue weighted by Crippen LogP contribution is 2.39. The third kappa shape index (κ3) is 4.14. The molecule has 180 valence electrons. The van der Waals surface area contributed by atoms with E-state index in [0.29, 0.717) is 11.6 Å². The first-order valence-electron chi connectivity index (χ1n) is 12.3. The molecule has 0 fully saturated rings. The lowest BCUT2D eigenvalue weighted by Crippen LogP contribution is -1.97. The minimum atomic E-state index is 0.183. The standard InChI is InChI=1S/C33H20ClN3S/c34-33-36-31(35-32(37-33)28-14-7-13-27-26-12-4-5-15-29(26)38-30(27)28)23-18-16-22(17-19-23)25-11-6-10-24(20-25)21-8-2-1-3-9-21/h1-20H. The van der Waals surface area contributed by atoms with Gasteiger partial charge >= 0.3 is 0 Å². The van der Waals surface area contributed by atoms with Crippen LogP contribution in [0.3, 0.4) is 0 Å². The smallest absolute Gasteiger partial charge is 0.208 e. The van der Waals surface area contributed by atoms with Crippen molar-refractivity contribution in [3.05, 3.63) is 127 Å². The van der Waals surface area contributed by atoms with Gasteiger partial charge < -0.3 is 0 Å². The Bertz CT molecular complexity index is 1930. The lowest BCUT2D eigenvalue weighted by atomic mass is 9.98. The van der Waals surface area contributed by atoms with E-state index < -0.39 is 0 Å². The molecule has 0 aliphatic carbocycles. The van der Waals surface area contributed by atoms with Gasteiger partial charge in [0.05, 0.1) is 0 Å². The van der Waals surface area contributed by atoms with Gasteiger partial charge in [-0.05, 0) is 52.1 Å². The molecule has 0 radical (unpaired) electrons. The van der Waals surface area contributed by atoms with Crippen LogP contribution in [0.2, 0.25) is 5.28 Å². The number of benzene rings is 5. The average molecular weight is 526 g/mol. The molecular formula is C33H20ClN3S. The molecule has 3 nitrogen and oxygen atoms in total. The maximum absolute atomic E-state index is 6.42. The van der Waals surface area contributed by atoms with Crippen LogP contribution in [0.25, 0.3) is 65.2 Å². The monoisotopic (exact) mass is 525 g/mol. The Morgan fingerprint density at radius 1 is 0.474 bits per heavy atom. The second-order valence-electron chi connectivity index (χ2n) is 9.06. The molecule has 2 heterocycles. The van der Waals surface area contributed by atoms with E-state index in [1.807, 2.05) is 24.3 Å². The zero-order chi connectivity index (χ0) is 25.5. The van der Waals surface area contributed by atoms with Crippen molar-refractivity contribution in [2.75, 3.05) is 0 Å². The van der Waals surface area contributed by atoms with Gasteiger partial charge in [-0.2, -0.15) is 9.97 Å². The molecule has 0 saturated heterocycles. The SMILES string of the molecule is Clc1nc(-c2ccc(-c3cccc(-c4ccccc4)c3)cc2)nc(-c2cccc3c2sc2ccccc23)n1. The van der Waals surface area contributed by atoms with E-state index in [0.717, 1.165) is 27.0 Å². The van der Waals surface area contributed by atoms with Crippen molar-refractivity contribution in [3.8, 4) is 45.0 Å². The zero-order valence-corrected chi connectivity index (χ0v) is 21.7. The van der Waals surface area contributed by atoms with E-state index in [1.165, 1.54) is 26.6 Å². The summed E-state index contributed by atoms with van der Waals surface area (Å²) in [5.41, 5.74) is 6.53. The van der Waals surface area contributed by atoms with E-state index in [-0.39, 0.29) is 5.28 Å². The van der Waals surface area contributed by atoms with Gasteiger partial charge in [-0.25, -0.2) is 4.98 Å². The maximum Gasteiger partial charge on any atom is 0.226 e. The summed E-state index contributed by atoms with van der Waals surface area (Å²) < 4.78 is 2.39. The molecule has 2 aromatic heterocycles. The number of nitrogens with zero attached hydrogens (tertiary/aromatic N) is 3. The van der Waals surface area contributed by atoms with Crippen molar-refractivity contribution in [1.82, 2.24) is 15.0 Å². The summed E-state index contributed by atoms with van der Waals surface area (Å²) >= 11 is 8.17. The van der Waals surface area contributed by atoms with Gasteiger partial charge in [0.25, 0.3) is 0 Å². The van der Waals surface area contributed by atoms with Gasteiger partial charge in [-0.3, -0.25) is 0 Å². The molecule has 7 rings (SSSR count). The minimum absolute atomic E-state index is 0.183. The van der Waals surface area contributed by atoms with E-state index in [1.54, 1.807) is 11.3 Å². The fraction of sp³-hybridized carbons (Fsp3) is 0. The molecule has 0 N–H and O–H groups in total. The Kier molecular flexibility index (Phi) is 5.69. The van der Waals surface area contributed by atoms with Crippen LogP contribution < -0.4 is 0 Å². The van der Waals surface area contributed by atoms with Crippen LogP contribution in [0.5, 0.6) is 0 Å². The lowest BCUT2D eigenvalue weighted by molar-refractivity contribution is 1.07. The second kappa shape index (κ2) is 9.49. The first kappa shape index (κ1) is 22.8. The topological polar surface area (TPSA) is 38.7 Å². The Morgan fingerprint density at radius 3 is 1.89 bits per heavy atom. The van der Waals surface area contributed by atoms with Crippen LogP contribution in [0, 0.1) is 0 Å². The summed E-state index contributed by atoms with van der Waals surface area (Å²) in [5.74, 6) is 1.14. The predicted molar refractivity (Wildman–Crippen MR) is 159 cm³/mol. The maximum atomic E-state index is 6.42. The molecule has 5 aromatic carbocycles. The second-order valence-corrected chi connectivity index (χ2v) is 10.4. The van der Waals surface area contributed by atoms with Gasteiger partial charge in [0.15, 0.2) is 11.6 Å². The Morgan fingerprint density at radius 2 is 1.08 bits per heavy atom. The molecule has 0 bridgehead atoms. The Hall–Kier alpha value is -4.38. The van der Waals surface area contributed by atoms with E-state index >= 15 is 0 Å². The van der Waals surface area contributed by atoms with Crippen LogP contribution in [-0.4, -0.2) is 15.0 Å². The van der Waals surface area contributed by atoms with Crippen LogP contribution in [0.4, 0.5) is 0 Å². The number of rotatable bonds is 4. The fourth-order valence-corrected chi connectivity index (χ4v) is 6.22. The summed E-state index contributed by atoms with van der Waals surface area (Å²) in [6, 6.07) is 42.0. The third-order valence-corrected chi connectivity index (χ3v) is 8.09. The van der Waals surface area contributed by atoms with Gasteiger partial charge in [-0.1, -0.05) is 103 Å². The summed E-state index contributed by atoms with van der Waals surface area (Å²) in [4.78, 5) is 13.8. The molecule has 0 saturated carbocycles. The van der Waals surface area contributed by atoms with E-state index in [2.05, 4.69) is 107 Å². The van der Waals surface area contributed by atoms with Crippen molar-refractivity contribution in [2.45, 2.75) is 0 Å². The zero-order valence-electron chi connectivity index (χ0n) is 20.2. The lowest BCUT2D eigenvalue weighted by Gasteiger charge is -2.08. The summed E-state index contributed by atoms with van der Waals surface area (Å²) in [5, 5.41) is 2.62. The van der Waals surface area contributed by atoms with Crippen molar-refractivity contribution in [3.63, 3.8) is 0 Å².